The molecule has 0 fully saturated rings. The zero-order valence-electron chi connectivity index (χ0n) is 13.4. The Morgan fingerprint density at radius 2 is 2.08 bits per heavy atom. The van der Waals surface area contributed by atoms with E-state index < -0.39 is 0 Å². The van der Waals surface area contributed by atoms with Gasteiger partial charge in [-0.15, -0.1) is 11.3 Å². The van der Waals surface area contributed by atoms with Crippen molar-refractivity contribution in [1.29, 1.82) is 0 Å². The van der Waals surface area contributed by atoms with E-state index >= 15 is 0 Å². The third kappa shape index (κ3) is 3.37. The standard InChI is InChI=1S/C17H17N3O2S2/c1-3-20-16(22)14-13(9-10-23-14)19-17(20)24-11(2)15(21)18-12-7-5-4-6-8-12/h4-11H,3H2,1-2H3,(H,18,21)/t11-/m0/s1. The molecule has 1 N–H and O–H groups in total. The number of aromatic nitrogens is 2. The topological polar surface area (TPSA) is 64.0 Å². The van der Waals surface area contributed by atoms with Crippen LogP contribution in [0, 0.1) is 0 Å². The van der Waals surface area contributed by atoms with Crippen LogP contribution >= 0.6 is 23.1 Å². The summed E-state index contributed by atoms with van der Waals surface area (Å²) >= 11 is 2.69. The summed E-state index contributed by atoms with van der Waals surface area (Å²) in [4.78, 5) is 29.4. The summed E-state index contributed by atoms with van der Waals surface area (Å²) in [5, 5.41) is 4.94. The van der Waals surface area contributed by atoms with Crippen LogP contribution in [0.3, 0.4) is 0 Å². The number of para-hydroxylation sites is 1. The molecule has 0 spiro atoms. The number of nitrogens with zero attached hydrogens (tertiary/aromatic N) is 2. The van der Waals surface area contributed by atoms with Crippen LogP contribution in [0.5, 0.6) is 0 Å². The van der Waals surface area contributed by atoms with Crippen LogP contribution < -0.4 is 10.9 Å². The molecule has 7 heteroatoms. The fourth-order valence-corrected chi connectivity index (χ4v) is 4.02. The maximum Gasteiger partial charge on any atom is 0.272 e. The quantitative estimate of drug-likeness (QED) is 0.558. The molecular weight excluding hydrogens is 342 g/mol. The number of carbonyl (C=O) groups is 1. The molecule has 0 aliphatic heterocycles. The summed E-state index contributed by atoms with van der Waals surface area (Å²) < 4.78 is 2.28. The van der Waals surface area contributed by atoms with Gasteiger partial charge in [0.2, 0.25) is 5.91 Å². The van der Waals surface area contributed by atoms with Gasteiger partial charge in [0, 0.05) is 12.2 Å². The molecule has 1 amide bonds. The van der Waals surface area contributed by atoms with E-state index in [0.717, 1.165) is 5.69 Å². The highest BCUT2D eigenvalue weighted by Crippen LogP contribution is 2.25. The fourth-order valence-electron chi connectivity index (χ4n) is 2.27. The minimum absolute atomic E-state index is 0.0457. The van der Waals surface area contributed by atoms with Gasteiger partial charge in [-0.3, -0.25) is 14.2 Å². The Kier molecular flexibility index (Phi) is 5.01. The van der Waals surface area contributed by atoms with E-state index in [1.54, 1.807) is 4.57 Å². The van der Waals surface area contributed by atoms with Crippen LogP contribution in [-0.4, -0.2) is 20.7 Å². The van der Waals surface area contributed by atoms with Crippen molar-refractivity contribution in [1.82, 2.24) is 9.55 Å². The predicted molar refractivity (Wildman–Crippen MR) is 99.9 cm³/mol. The second-order valence-electron chi connectivity index (χ2n) is 5.19. The van der Waals surface area contributed by atoms with Crippen molar-refractivity contribution in [3.63, 3.8) is 0 Å². The lowest BCUT2D eigenvalue weighted by atomic mass is 10.3. The smallest absolute Gasteiger partial charge is 0.272 e. The van der Waals surface area contributed by atoms with Gasteiger partial charge < -0.3 is 5.32 Å². The van der Waals surface area contributed by atoms with Gasteiger partial charge in [-0.25, -0.2) is 4.98 Å². The molecule has 0 aliphatic carbocycles. The molecule has 0 radical (unpaired) electrons. The Bertz CT molecular complexity index is 918. The highest BCUT2D eigenvalue weighted by atomic mass is 32.2. The lowest BCUT2D eigenvalue weighted by Gasteiger charge is -2.14. The van der Waals surface area contributed by atoms with Crippen LogP contribution in [0.1, 0.15) is 13.8 Å². The van der Waals surface area contributed by atoms with E-state index in [4.69, 9.17) is 0 Å². The van der Waals surface area contributed by atoms with Crippen molar-refractivity contribution in [2.24, 2.45) is 0 Å². The van der Waals surface area contributed by atoms with Gasteiger partial charge in [0.1, 0.15) is 4.70 Å². The lowest BCUT2D eigenvalue weighted by molar-refractivity contribution is -0.115. The predicted octanol–water partition coefficient (Wildman–Crippen LogP) is 3.60. The van der Waals surface area contributed by atoms with Crippen molar-refractivity contribution in [3.8, 4) is 0 Å². The average Bonchev–Trinajstić information content (AvgIpc) is 3.05. The first kappa shape index (κ1) is 16.7. The number of nitrogens with one attached hydrogen (secondary N) is 1. The molecule has 2 heterocycles. The highest BCUT2D eigenvalue weighted by molar-refractivity contribution is 8.00. The molecular formula is C17H17N3O2S2. The van der Waals surface area contributed by atoms with E-state index in [2.05, 4.69) is 10.3 Å². The second kappa shape index (κ2) is 7.19. The summed E-state index contributed by atoms with van der Waals surface area (Å²) in [6.45, 7) is 4.24. The summed E-state index contributed by atoms with van der Waals surface area (Å²) in [7, 11) is 0. The Morgan fingerprint density at radius 3 is 2.79 bits per heavy atom. The van der Waals surface area contributed by atoms with Crippen molar-refractivity contribution in [3.05, 3.63) is 52.1 Å². The molecule has 0 saturated heterocycles. The minimum Gasteiger partial charge on any atom is -0.325 e. The SMILES string of the molecule is CCn1c(S[C@@H](C)C(=O)Nc2ccccc2)nc2ccsc2c1=O. The first-order valence-electron chi connectivity index (χ1n) is 7.60. The largest absolute Gasteiger partial charge is 0.325 e. The lowest BCUT2D eigenvalue weighted by Crippen LogP contribution is -2.26. The summed E-state index contributed by atoms with van der Waals surface area (Å²) in [5.41, 5.74) is 1.40. The molecule has 24 heavy (non-hydrogen) atoms. The molecule has 3 aromatic rings. The maximum atomic E-state index is 12.5. The number of amides is 1. The minimum atomic E-state index is -0.369. The molecule has 0 bridgehead atoms. The van der Waals surface area contributed by atoms with Gasteiger partial charge in [0.25, 0.3) is 5.56 Å². The van der Waals surface area contributed by atoms with E-state index in [0.29, 0.717) is 21.9 Å². The summed E-state index contributed by atoms with van der Waals surface area (Å²) in [5.74, 6) is -0.117. The Morgan fingerprint density at radius 1 is 1.33 bits per heavy atom. The third-order valence-electron chi connectivity index (χ3n) is 3.54. The molecule has 0 aliphatic rings. The Labute approximate surface area is 147 Å². The zero-order chi connectivity index (χ0) is 17.1. The second-order valence-corrected chi connectivity index (χ2v) is 7.42. The number of fused-ring (bicyclic) bond motifs is 1. The monoisotopic (exact) mass is 359 g/mol. The highest BCUT2D eigenvalue weighted by Gasteiger charge is 2.19. The van der Waals surface area contributed by atoms with Crippen molar-refractivity contribution < 1.29 is 4.79 Å². The number of hydrogen-bond acceptors (Lipinski definition) is 5. The summed E-state index contributed by atoms with van der Waals surface area (Å²) in [6, 6.07) is 11.1. The van der Waals surface area contributed by atoms with Crippen molar-refractivity contribution in [2.75, 3.05) is 5.32 Å². The number of benzene rings is 1. The van der Waals surface area contributed by atoms with Crippen LogP contribution in [-0.2, 0) is 11.3 Å². The molecule has 124 valence electrons. The van der Waals surface area contributed by atoms with E-state index in [1.165, 1.54) is 23.1 Å². The number of hydrogen-bond donors (Lipinski definition) is 1. The molecule has 0 unspecified atom stereocenters. The molecule has 0 saturated carbocycles. The maximum absolute atomic E-state index is 12.5. The van der Waals surface area contributed by atoms with Crippen LogP contribution in [0.2, 0.25) is 0 Å². The molecule has 1 atom stereocenters. The molecule has 3 rings (SSSR count). The third-order valence-corrected chi connectivity index (χ3v) is 5.52. The number of anilines is 1. The molecule has 5 nitrogen and oxygen atoms in total. The van der Waals surface area contributed by atoms with Crippen LogP contribution in [0.15, 0.2) is 51.7 Å². The first-order chi connectivity index (χ1) is 11.6. The molecule has 2 aromatic heterocycles. The van der Waals surface area contributed by atoms with Gasteiger partial charge >= 0.3 is 0 Å². The van der Waals surface area contributed by atoms with Crippen molar-refractivity contribution >= 4 is 44.9 Å². The first-order valence-corrected chi connectivity index (χ1v) is 9.36. The molecule has 1 aromatic carbocycles. The Balaban J connectivity index is 1.83. The average molecular weight is 359 g/mol. The van der Waals surface area contributed by atoms with E-state index in [9.17, 15) is 9.59 Å². The summed E-state index contributed by atoms with van der Waals surface area (Å²) in [6.07, 6.45) is 0. The van der Waals surface area contributed by atoms with Crippen molar-refractivity contribution in [2.45, 2.75) is 30.8 Å². The number of carbonyl (C=O) groups excluding carboxylic acids is 1. The normalized spacial score (nSPS) is 12.2. The van der Waals surface area contributed by atoms with E-state index in [1.807, 2.05) is 55.6 Å². The van der Waals surface area contributed by atoms with Crippen LogP contribution in [0.4, 0.5) is 5.69 Å². The van der Waals surface area contributed by atoms with Gasteiger partial charge in [0.05, 0.1) is 10.8 Å². The zero-order valence-corrected chi connectivity index (χ0v) is 15.0. The van der Waals surface area contributed by atoms with Gasteiger partial charge in [-0.2, -0.15) is 0 Å². The van der Waals surface area contributed by atoms with Gasteiger partial charge in [-0.05, 0) is 37.4 Å². The van der Waals surface area contributed by atoms with E-state index in [-0.39, 0.29) is 16.7 Å². The number of thioether (sulfide) groups is 1. The Hall–Kier alpha value is -2.12. The fraction of sp³-hybridized carbons (Fsp3) is 0.235. The number of rotatable bonds is 5. The van der Waals surface area contributed by atoms with Gasteiger partial charge in [0.15, 0.2) is 5.16 Å². The van der Waals surface area contributed by atoms with Crippen LogP contribution in [0.25, 0.3) is 10.2 Å². The number of thiophene rings is 1. The van der Waals surface area contributed by atoms with Gasteiger partial charge in [-0.1, -0.05) is 30.0 Å².